The maximum atomic E-state index is 6.05. The zero-order chi connectivity index (χ0) is 10.9. The van der Waals surface area contributed by atoms with E-state index in [-0.39, 0.29) is 0 Å². The topological polar surface area (TPSA) is 21.3 Å². The summed E-state index contributed by atoms with van der Waals surface area (Å²) >= 11 is 6.05. The van der Waals surface area contributed by atoms with Crippen molar-refractivity contribution in [1.29, 1.82) is 0 Å². The van der Waals surface area contributed by atoms with Crippen LogP contribution in [0, 0.1) is 0 Å². The number of nitrogens with one attached hydrogen (secondary N) is 1. The molecule has 15 heavy (non-hydrogen) atoms. The fourth-order valence-corrected chi connectivity index (χ4v) is 1.63. The van der Waals surface area contributed by atoms with Crippen LogP contribution >= 0.6 is 11.6 Å². The average molecular weight is 228 g/mol. The number of methoxy groups -OCH3 is 1. The average Bonchev–Trinajstić information content (AvgIpc) is 2.25. The first kappa shape index (κ1) is 12.5. The first-order chi connectivity index (χ1) is 7.34. The van der Waals surface area contributed by atoms with Crippen LogP contribution in [0.4, 0.5) is 0 Å². The van der Waals surface area contributed by atoms with Gasteiger partial charge in [0, 0.05) is 18.7 Å². The van der Waals surface area contributed by atoms with Crippen LogP contribution in [-0.2, 0) is 11.2 Å². The van der Waals surface area contributed by atoms with E-state index in [4.69, 9.17) is 16.3 Å². The van der Waals surface area contributed by atoms with Gasteiger partial charge in [-0.05, 0) is 31.0 Å². The lowest BCUT2D eigenvalue weighted by Gasteiger charge is -2.05. The van der Waals surface area contributed by atoms with Gasteiger partial charge in [-0.1, -0.05) is 29.8 Å². The molecule has 1 aromatic carbocycles. The zero-order valence-corrected chi connectivity index (χ0v) is 9.89. The second-order valence-corrected chi connectivity index (χ2v) is 3.84. The van der Waals surface area contributed by atoms with Crippen LogP contribution in [0.15, 0.2) is 24.3 Å². The van der Waals surface area contributed by atoms with E-state index in [1.54, 1.807) is 7.11 Å². The van der Waals surface area contributed by atoms with E-state index >= 15 is 0 Å². The fourth-order valence-electron chi connectivity index (χ4n) is 1.40. The zero-order valence-electron chi connectivity index (χ0n) is 9.13. The number of hydrogen-bond acceptors (Lipinski definition) is 2. The lowest BCUT2D eigenvalue weighted by molar-refractivity contribution is 0.199. The minimum atomic E-state index is 0.770. The quantitative estimate of drug-likeness (QED) is 0.723. The first-order valence-electron chi connectivity index (χ1n) is 5.27. The van der Waals surface area contributed by atoms with Crippen molar-refractivity contribution in [3.05, 3.63) is 34.9 Å². The molecule has 0 saturated carbocycles. The summed E-state index contributed by atoms with van der Waals surface area (Å²) in [7, 11) is 1.71. The van der Waals surface area contributed by atoms with Gasteiger partial charge in [-0.15, -0.1) is 0 Å². The molecule has 0 aromatic heterocycles. The SMILES string of the molecule is COCCNCCCc1ccccc1Cl. The molecular weight excluding hydrogens is 210 g/mol. The van der Waals surface area contributed by atoms with Gasteiger partial charge < -0.3 is 10.1 Å². The first-order valence-corrected chi connectivity index (χ1v) is 5.65. The maximum absolute atomic E-state index is 6.05. The van der Waals surface area contributed by atoms with E-state index in [9.17, 15) is 0 Å². The Morgan fingerprint density at radius 3 is 2.80 bits per heavy atom. The second kappa shape index (κ2) is 7.69. The van der Waals surface area contributed by atoms with Gasteiger partial charge in [0.05, 0.1) is 6.61 Å². The smallest absolute Gasteiger partial charge is 0.0587 e. The van der Waals surface area contributed by atoms with Gasteiger partial charge >= 0.3 is 0 Å². The molecule has 1 N–H and O–H groups in total. The Balaban J connectivity index is 2.12. The van der Waals surface area contributed by atoms with Crippen LogP contribution in [0.25, 0.3) is 0 Å². The van der Waals surface area contributed by atoms with Crippen LogP contribution in [0.5, 0.6) is 0 Å². The predicted octanol–water partition coefficient (Wildman–Crippen LogP) is 2.51. The highest BCUT2D eigenvalue weighted by molar-refractivity contribution is 6.31. The Bertz CT molecular complexity index is 278. The summed E-state index contributed by atoms with van der Waals surface area (Å²) in [6, 6.07) is 8.01. The third-order valence-corrected chi connectivity index (χ3v) is 2.61. The normalized spacial score (nSPS) is 10.5. The van der Waals surface area contributed by atoms with E-state index in [0.29, 0.717) is 0 Å². The molecule has 0 fully saturated rings. The van der Waals surface area contributed by atoms with Crippen LogP contribution < -0.4 is 5.32 Å². The van der Waals surface area contributed by atoms with E-state index < -0.39 is 0 Å². The minimum absolute atomic E-state index is 0.770. The van der Waals surface area contributed by atoms with Gasteiger partial charge in [-0.25, -0.2) is 0 Å². The van der Waals surface area contributed by atoms with Gasteiger partial charge in [-0.2, -0.15) is 0 Å². The molecule has 0 unspecified atom stereocenters. The molecule has 0 bridgehead atoms. The summed E-state index contributed by atoms with van der Waals surface area (Å²) in [5.74, 6) is 0. The number of rotatable bonds is 7. The van der Waals surface area contributed by atoms with Crippen LogP contribution in [-0.4, -0.2) is 26.8 Å². The van der Waals surface area contributed by atoms with Crippen molar-refractivity contribution in [2.24, 2.45) is 0 Å². The third kappa shape index (κ3) is 5.17. The van der Waals surface area contributed by atoms with Crippen molar-refractivity contribution >= 4 is 11.6 Å². The molecule has 0 amide bonds. The molecule has 0 aliphatic rings. The lowest BCUT2D eigenvalue weighted by Crippen LogP contribution is -2.20. The summed E-state index contributed by atoms with van der Waals surface area (Å²) in [5, 5.41) is 4.18. The van der Waals surface area contributed by atoms with Crippen LogP contribution in [0.2, 0.25) is 5.02 Å². The summed E-state index contributed by atoms with van der Waals surface area (Å²) in [4.78, 5) is 0. The van der Waals surface area contributed by atoms with Gasteiger partial charge in [0.15, 0.2) is 0 Å². The van der Waals surface area contributed by atoms with Crippen molar-refractivity contribution in [2.45, 2.75) is 12.8 Å². The molecular formula is C12H18ClNO. The van der Waals surface area contributed by atoms with Crippen molar-refractivity contribution in [2.75, 3.05) is 26.8 Å². The van der Waals surface area contributed by atoms with Gasteiger partial charge in [0.25, 0.3) is 0 Å². The molecule has 0 saturated heterocycles. The molecule has 3 heteroatoms. The van der Waals surface area contributed by atoms with Crippen molar-refractivity contribution in [1.82, 2.24) is 5.32 Å². The van der Waals surface area contributed by atoms with Crippen molar-refractivity contribution < 1.29 is 4.74 Å². The Morgan fingerprint density at radius 2 is 2.07 bits per heavy atom. The summed E-state index contributed by atoms with van der Waals surface area (Å²) in [5.41, 5.74) is 1.23. The van der Waals surface area contributed by atoms with E-state index in [1.807, 2.05) is 18.2 Å². The van der Waals surface area contributed by atoms with Crippen LogP contribution in [0.3, 0.4) is 0 Å². The van der Waals surface area contributed by atoms with Crippen LogP contribution in [0.1, 0.15) is 12.0 Å². The second-order valence-electron chi connectivity index (χ2n) is 3.44. The molecule has 0 atom stereocenters. The Morgan fingerprint density at radius 1 is 1.27 bits per heavy atom. The number of ether oxygens (including phenoxy) is 1. The highest BCUT2D eigenvalue weighted by Gasteiger charge is 1.97. The molecule has 0 aliphatic heterocycles. The monoisotopic (exact) mass is 227 g/mol. The highest BCUT2D eigenvalue weighted by atomic mass is 35.5. The molecule has 1 rings (SSSR count). The van der Waals surface area contributed by atoms with E-state index in [0.717, 1.165) is 37.6 Å². The molecule has 0 aliphatic carbocycles. The van der Waals surface area contributed by atoms with E-state index in [2.05, 4.69) is 11.4 Å². The maximum Gasteiger partial charge on any atom is 0.0587 e. The molecule has 0 heterocycles. The fraction of sp³-hybridized carbons (Fsp3) is 0.500. The summed E-state index contributed by atoms with van der Waals surface area (Å²) in [6.07, 6.45) is 2.13. The van der Waals surface area contributed by atoms with Gasteiger partial charge in [0.1, 0.15) is 0 Å². The van der Waals surface area contributed by atoms with Crippen molar-refractivity contribution in [3.8, 4) is 0 Å². The number of hydrogen-bond donors (Lipinski definition) is 1. The Hall–Kier alpha value is -0.570. The largest absolute Gasteiger partial charge is 0.383 e. The number of halogens is 1. The summed E-state index contributed by atoms with van der Waals surface area (Å²) < 4.78 is 4.94. The van der Waals surface area contributed by atoms with E-state index in [1.165, 1.54) is 5.56 Å². The number of aryl methyl sites for hydroxylation is 1. The number of benzene rings is 1. The summed E-state index contributed by atoms with van der Waals surface area (Å²) in [6.45, 7) is 2.69. The third-order valence-electron chi connectivity index (χ3n) is 2.24. The molecule has 84 valence electrons. The lowest BCUT2D eigenvalue weighted by atomic mass is 10.1. The Labute approximate surface area is 96.6 Å². The molecule has 1 aromatic rings. The highest BCUT2D eigenvalue weighted by Crippen LogP contribution is 2.15. The molecule has 0 radical (unpaired) electrons. The Kier molecular flexibility index (Phi) is 6.41. The minimum Gasteiger partial charge on any atom is -0.383 e. The van der Waals surface area contributed by atoms with Gasteiger partial charge in [-0.3, -0.25) is 0 Å². The van der Waals surface area contributed by atoms with Crippen molar-refractivity contribution in [3.63, 3.8) is 0 Å². The predicted molar refractivity (Wildman–Crippen MR) is 64.5 cm³/mol. The van der Waals surface area contributed by atoms with Gasteiger partial charge in [0.2, 0.25) is 0 Å². The standard InChI is InChI=1S/C12H18ClNO/c1-15-10-9-14-8-4-6-11-5-2-3-7-12(11)13/h2-3,5,7,14H,4,6,8-10H2,1H3. The molecule has 0 spiro atoms. The molecule has 2 nitrogen and oxygen atoms in total.